The molecule has 0 radical (unpaired) electrons. The first-order chi connectivity index (χ1) is 12.0. The molecule has 1 aromatic carbocycles. The summed E-state index contributed by atoms with van der Waals surface area (Å²) in [7, 11) is 0. The van der Waals surface area contributed by atoms with Crippen LogP contribution in [0.1, 0.15) is 39.5 Å². The maximum atomic E-state index is 12.2. The normalized spacial score (nSPS) is 26.4. The van der Waals surface area contributed by atoms with Crippen LogP contribution in [0.4, 0.5) is 16.2 Å². The van der Waals surface area contributed by atoms with Crippen molar-refractivity contribution in [3.63, 3.8) is 0 Å². The summed E-state index contributed by atoms with van der Waals surface area (Å²) in [5.74, 6) is 0.515. The molecule has 136 valence electrons. The lowest BCUT2D eigenvalue weighted by atomic mass is 9.89. The number of ether oxygens (including phenoxy) is 1. The number of benzene rings is 1. The number of anilines is 2. The fourth-order valence-corrected chi connectivity index (χ4v) is 3.64. The summed E-state index contributed by atoms with van der Waals surface area (Å²) in [6.45, 7) is 4.92. The average Bonchev–Trinajstić information content (AvgIpc) is 2.92. The lowest BCUT2D eigenvalue weighted by Crippen LogP contribution is -2.32. The van der Waals surface area contributed by atoms with Crippen molar-refractivity contribution in [2.45, 2.75) is 51.7 Å². The smallest absolute Gasteiger partial charge is 0.322 e. The fraction of sp³-hybridized carbons (Fsp3) is 0.579. The monoisotopic (exact) mass is 345 g/mol. The minimum atomic E-state index is -0.158. The van der Waals surface area contributed by atoms with Gasteiger partial charge in [0.15, 0.2) is 0 Å². The second-order valence-electron chi connectivity index (χ2n) is 7.21. The Morgan fingerprint density at radius 3 is 2.92 bits per heavy atom. The predicted molar refractivity (Wildman–Crippen MR) is 97.8 cm³/mol. The maximum Gasteiger partial charge on any atom is 0.322 e. The van der Waals surface area contributed by atoms with Gasteiger partial charge in [-0.05, 0) is 43.9 Å². The van der Waals surface area contributed by atoms with E-state index in [1.165, 1.54) is 12.8 Å². The Kier molecular flexibility index (Phi) is 5.58. The summed E-state index contributed by atoms with van der Waals surface area (Å²) >= 11 is 0. The third-order valence-corrected chi connectivity index (χ3v) is 4.95. The first kappa shape index (κ1) is 17.7. The second-order valence-corrected chi connectivity index (χ2v) is 7.21. The standard InChI is InChI=1S/C19H27N3O3/c1-13-5-3-8-17(9-13)25-12-18(23)21-15-6-4-7-16(10-15)22-14(2)11-20-19(22)24/h4,6-7,10,13-14,17H,3,5,8-9,11-12H2,1-2H3,(H,20,24)(H,21,23)/t13-,14-,17-/m1/s1. The highest BCUT2D eigenvalue weighted by molar-refractivity contribution is 5.97. The van der Waals surface area contributed by atoms with Gasteiger partial charge in [0.2, 0.25) is 5.91 Å². The predicted octanol–water partition coefficient (Wildman–Crippen LogP) is 3.14. The summed E-state index contributed by atoms with van der Waals surface area (Å²) in [6.07, 6.45) is 4.68. The number of urea groups is 1. The summed E-state index contributed by atoms with van der Waals surface area (Å²) in [4.78, 5) is 25.8. The van der Waals surface area contributed by atoms with E-state index in [9.17, 15) is 9.59 Å². The number of hydrogen-bond donors (Lipinski definition) is 2. The van der Waals surface area contributed by atoms with Crippen LogP contribution in [0.25, 0.3) is 0 Å². The molecule has 3 atom stereocenters. The molecule has 0 spiro atoms. The van der Waals surface area contributed by atoms with Crippen molar-refractivity contribution in [3.05, 3.63) is 24.3 Å². The third-order valence-electron chi connectivity index (χ3n) is 4.95. The first-order valence-electron chi connectivity index (χ1n) is 9.11. The molecule has 1 heterocycles. The molecule has 2 aliphatic rings. The first-order valence-corrected chi connectivity index (χ1v) is 9.11. The Labute approximate surface area is 148 Å². The Hall–Kier alpha value is -2.08. The molecule has 1 aromatic rings. The van der Waals surface area contributed by atoms with Gasteiger partial charge in [-0.1, -0.05) is 25.8 Å². The summed E-state index contributed by atoms with van der Waals surface area (Å²) in [6, 6.07) is 7.34. The Morgan fingerprint density at radius 1 is 1.36 bits per heavy atom. The molecule has 0 aromatic heterocycles. The van der Waals surface area contributed by atoms with Crippen molar-refractivity contribution in [3.8, 4) is 0 Å². The van der Waals surface area contributed by atoms with Gasteiger partial charge in [-0.2, -0.15) is 0 Å². The number of carbonyl (C=O) groups excluding carboxylic acids is 2. The van der Waals surface area contributed by atoms with Crippen molar-refractivity contribution < 1.29 is 14.3 Å². The molecule has 25 heavy (non-hydrogen) atoms. The van der Waals surface area contributed by atoms with E-state index < -0.39 is 0 Å². The van der Waals surface area contributed by atoms with Crippen LogP contribution in [0, 0.1) is 5.92 Å². The van der Waals surface area contributed by atoms with E-state index in [1.54, 1.807) is 4.90 Å². The molecule has 3 rings (SSSR count). The van der Waals surface area contributed by atoms with Crippen LogP contribution in [0.15, 0.2) is 24.3 Å². The summed E-state index contributed by atoms with van der Waals surface area (Å²) in [5, 5.41) is 5.68. The quantitative estimate of drug-likeness (QED) is 0.861. The molecule has 2 fully saturated rings. The van der Waals surface area contributed by atoms with Crippen LogP contribution in [-0.2, 0) is 9.53 Å². The van der Waals surface area contributed by atoms with Crippen molar-refractivity contribution in [1.82, 2.24) is 5.32 Å². The van der Waals surface area contributed by atoms with Gasteiger partial charge in [0.1, 0.15) is 6.61 Å². The van der Waals surface area contributed by atoms with Gasteiger partial charge in [-0.15, -0.1) is 0 Å². The average molecular weight is 345 g/mol. The van der Waals surface area contributed by atoms with Gasteiger partial charge in [-0.3, -0.25) is 9.69 Å². The molecule has 0 bridgehead atoms. The van der Waals surface area contributed by atoms with Crippen LogP contribution >= 0.6 is 0 Å². The number of nitrogens with zero attached hydrogens (tertiary/aromatic N) is 1. The van der Waals surface area contributed by atoms with E-state index in [0.717, 1.165) is 18.5 Å². The Bertz CT molecular complexity index is 634. The van der Waals surface area contributed by atoms with E-state index in [0.29, 0.717) is 18.2 Å². The molecule has 6 nitrogen and oxygen atoms in total. The van der Waals surface area contributed by atoms with E-state index in [-0.39, 0.29) is 30.7 Å². The SMILES string of the molecule is C[C@@H]1CCC[C@@H](OCC(=O)Nc2cccc(N3C(=O)NC[C@H]3C)c2)C1. The number of amides is 3. The lowest BCUT2D eigenvalue weighted by molar-refractivity contribution is -0.123. The van der Waals surface area contributed by atoms with Gasteiger partial charge in [0.25, 0.3) is 0 Å². The van der Waals surface area contributed by atoms with Crippen molar-refractivity contribution in [2.75, 3.05) is 23.4 Å². The van der Waals surface area contributed by atoms with Crippen LogP contribution < -0.4 is 15.5 Å². The number of rotatable bonds is 5. The zero-order valence-corrected chi connectivity index (χ0v) is 15.0. The molecule has 1 aliphatic heterocycles. The van der Waals surface area contributed by atoms with E-state index in [2.05, 4.69) is 17.6 Å². The molecule has 2 N–H and O–H groups in total. The summed E-state index contributed by atoms with van der Waals surface area (Å²) in [5.41, 5.74) is 1.46. The highest BCUT2D eigenvalue weighted by Gasteiger charge is 2.28. The van der Waals surface area contributed by atoms with E-state index >= 15 is 0 Å². The molecule has 3 amide bonds. The van der Waals surface area contributed by atoms with Crippen molar-refractivity contribution >= 4 is 23.3 Å². The van der Waals surface area contributed by atoms with Crippen LogP contribution in [0.3, 0.4) is 0 Å². The van der Waals surface area contributed by atoms with Crippen LogP contribution in [0.2, 0.25) is 0 Å². The molecule has 0 unspecified atom stereocenters. The zero-order chi connectivity index (χ0) is 17.8. The highest BCUT2D eigenvalue weighted by Crippen LogP contribution is 2.26. The highest BCUT2D eigenvalue weighted by atomic mass is 16.5. The molecule has 1 saturated carbocycles. The van der Waals surface area contributed by atoms with Gasteiger partial charge in [0, 0.05) is 17.9 Å². The minimum Gasteiger partial charge on any atom is -0.368 e. The summed E-state index contributed by atoms with van der Waals surface area (Å²) < 4.78 is 5.76. The Balaban J connectivity index is 1.55. The van der Waals surface area contributed by atoms with Crippen LogP contribution in [0.5, 0.6) is 0 Å². The van der Waals surface area contributed by atoms with Crippen molar-refractivity contribution in [2.24, 2.45) is 5.92 Å². The maximum absolute atomic E-state index is 12.2. The molecule has 1 saturated heterocycles. The third kappa shape index (κ3) is 4.51. The molecule has 1 aliphatic carbocycles. The van der Waals surface area contributed by atoms with Crippen molar-refractivity contribution in [1.29, 1.82) is 0 Å². The molecular formula is C19H27N3O3. The molecule has 6 heteroatoms. The largest absolute Gasteiger partial charge is 0.368 e. The zero-order valence-electron chi connectivity index (χ0n) is 15.0. The number of hydrogen-bond acceptors (Lipinski definition) is 3. The minimum absolute atomic E-state index is 0.0716. The van der Waals surface area contributed by atoms with Crippen LogP contribution in [-0.4, -0.2) is 37.2 Å². The van der Waals surface area contributed by atoms with E-state index in [1.807, 2.05) is 31.2 Å². The Morgan fingerprint density at radius 2 is 2.20 bits per heavy atom. The van der Waals surface area contributed by atoms with Gasteiger partial charge >= 0.3 is 6.03 Å². The lowest BCUT2D eigenvalue weighted by Gasteiger charge is -2.26. The topological polar surface area (TPSA) is 70.7 Å². The molecular weight excluding hydrogens is 318 g/mol. The van der Waals surface area contributed by atoms with E-state index in [4.69, 9.17) is 4.74 Å². The number of nitrogens with one attached hydrogen (secondary N) is 2. The second kappa shape index (κ2) is 7.87. The fourth-order valence-electron chi connectivity index (χ4n) is 3.64. The van der Waals surface area contributed by atoms with Gasteiger partial charge in [0.05, 0.1) is 12.1 Å². The van der Waals surface area contributed by atoms with Gasteiger partial charge < -0.3 is 15.4 Å². The number of carbonyl (C=O) groups is 2. The van der Waals surface area contributed by atoms with Gasteiger partial charge in [-0.25, -0.2) is 4.79 Å².